The average molecular weight is 359 g/mol. The van der Waals surface area contributed by atoms with Crippen LogP contribution in [0.15, 0.2) is 54.6 Å². The second-order valence-electron chi connectivity index (χ2n) is 5.95. The third-order valence-corrected chi connectivity index (χ3v) is 3.92. The molecule has 0 saturated heterocycles. The number of para-hydroxylation sites is 1. The number of ether oxygens (including phenoxy) is 2. The molecule has 2 aromatic rings. The number of rotatable bonds is 9. The van der Waals surface area contributed by atoms with Crippen molar-refractivity contribution in [1.29, 1.82) is 0 Å². The van der Waals surface area contributed by atoms with Crippen LogP contribution in [0.2, 0.25) is 0 Å². The number of amides is 1. The lowest BCUT2D eigenvalue weighted by Crippen LogP contribution is -2.22. The first-order valence-electron chi connectivity index (χ1n) is 8.61. The fourth-order valence-electron chi connectivity index (χ4n) is 2.57. The summed E-state index contributed by atoms with van der Waals surface area (Å²) in [4.78, 5) is 12.3. The van der Waals surface area contributed by atoms with Crippen LogP contribution in [0.5, 0.6) is 5.75 Å². The van der Waals surface area contributed by atoms with Crippen molar-refractivity contribution in [3.63, 3.8) is 0 Å². The van der Waals surface area contributed by atoms with E-state index in [0.717, 1.165) is 5.56 Å². The standard InChI is InChI=1S/C20H25NO5/c1-15(11-12-22)19(16-7-9-18(10-8-16)25-14-13-23)26-20(24)21-17-5-3-2-4-6-17/h2-10,15,19,22-23H,11-14H2,1H3,(H,21,24)/t15-,19+/m0/s1. The van der Waals surface area contributed by atoms with E-state index in [-0.39, 0.29) is 25.7 Å². The highest BCUT2D eigenvalue weighted by molar-refractivity contribution is 5.84. The summed E-state index contributed by atoms with van der Waals surface area (Å²) in [5, 5.41) is 20.8. The Labute approximate surface area is 153 Å². The maximum Gasteiger partial charge on any atom is 0.412 e. The molecular formula is C20H25NO5. The van der Waals surface area contributed by atoms with E-state index >= 15 is 0 Å². The molecule has 1 amide bonds. The summed E-state index contributed by atoms with van der Waals surface area (Å²) in [6.07, 6.45) is -0.546. The summed E-state index contributed by atoms with van der Waals surface area (Å²) in [7, 11) is 0. The molecule has 6 heteroatoms. The highest BCUT2D eigenvalue weighted by Gasteiger charge is 2.23. The predicted octanol–water partition coefficient (Wildman–Crippen LogP) is 3.37. The van der Waals surface area contributed by atoms with E-state index in [0.29, 0.717) is 17.9 Å². The molecule has 6 nitrogen and oxygen atoms in total. The fourth-order valence-corrected chi connectivity index (χ4v) is 2.57. The van der Waals surface area contributed by atoms with E-state index in [1.807, 2.05) is 37.3 Å². The van der Waals surface area contributed by atoms with Crippen molar-refractivity contribution in [2.45, 2.75) is 19.4 Å². The maximum atomic E-state index is 12.3. The topological polar surface area (TPSA) is 88.0 Å². The molecule has 0 aliphatic rings. The molecule has 3 N–H and O–H groups in total. The van der Waals surface area contributed by atoms with Crippen molar-refractivity contribution in [3.8, 4) is 5.75 Å². The Kier molecular flexibility index (Phi) is 7.92. The number of aliphatic hydroxyl groups is 2. The van der Waals surface area contributed by atoms with Crippen LogP contribution in [0.1, 0.15) is 25.0 Å². The highest BCUT2D eigenvalue weighted by Crippen LogP contribution is 2.30. The minimum Gasteiger partial charge on any atom is -0.491 e. The minimum absolute atomic E-state index is 0.0129. The monoisotopic (exact) mass is 359 g/mol. The molecule has 2 rings (SSSR count). The van der Waals surface area contributed by atoms with Gasteiger partial charge in [-0.1, -0.05) is 37.3 Å². The van der Waals surface area contributed by atoms with Crippen molar-refractivity contribution in [1.82, 2.24) is 0 Å². The zero-order chi connectivity index (χ0) is 18.8. The second kappa shape index (κ2) is 10.4. The number of aliphatic hydroxyl groups excluding tert-OH is 2. The predicted molar refractivity (Wildman–Crippen MR) is 99.2 cm³/mol. The van der Waals surface area contributed by atoms with Crippen molar-refractivity contribution in [3.05, 3.63) is 60.2 Å². The molecule has 2 atom stereocenters. The molecule has 0 bridgehead atoms. The Morgan fingerprint density at radius 1 is 1.04 bits per heavy atom. The molecule has 0 heterocycles. The first kappa shape index (κ1) is 19.8. The second-order valence-corrected chi connectivity index (χ2v) is 5.95. The van der Waals surface area contributed by atoms with Gasteiger partial charge in [0.05, 0.1) is 6.61 Å². The van der Waals surface area contributed by atoms with Gasteiger partial charge in [-0.3, -0.25) is 5.32 Å². The Morgan fingerprint density at radius 3 is 2.35 bits per heavy atom. The molecule has 0 unspecified atom stereocenters. The van der Waals surface area contributed by atoms with Gasteiger partial charge in [0.15, 0.2) is 0 Å². The van der Waals surface area contributed by atoms with Gasteiger partial charge in [-0.05, 0) is 42.2 Å². The smallest absolute Gasteiger partial charge is 0.412 e. The van der Waals surface area contributed by atoms with Gasteiger partial charge < -0.3 is 19.7 Å². The van der Waals surface area contributed by atoms with Crippen LogP contribution >= 0.6 is 0 Å². The molecule has 0 aliphatic heterocycles. The fraction of sp³-hybridized carbons (Fsp3) is 0.350. The average Bonchev–Trinajstić information content (AvgIpc) is 2.66. The Hall–Kier alpha value is -2.57. The highest BCUT2D eigenvalue weighted by atomic mass is 16.6. The number of carbonyl (C=O) groups excluding carboxylic acids is 1. The van der Waals surface area contributed by atoms with E-state index in [2.05, 4.69) is 5.32 Å². The SMILES string of the molecule is C[C@@H](CCO)[C@@H](OC(=O)Nc1ccccc1)c1ccc(OCCO)cc1. The summed E-state index contributed by atoms with van der Waals surface area (Å²) in [5.74, 6) is 0.566. The lowest BCUT2D eigenvalue weighted by Gasteiger charge is -2.24. The number of anilines is 1. The number of carbonyl (C=O) groups is 1. The van der Waals surface area contributed by atoms with E-state index in [9.17, 15) is 9.90 Å². The summed E-state index contributed by atoms with van der Waals surface area (Å²) < 4.78 is 11.0. The van der Waals surface area contributed by atoms with Crippen molar-refractivity contribution >= 4 is 11.8 Å². The summed E-state index contributed by atoms with van der Waals surface area (Å²) in [6.45, 7) is 2.10. The van der Waals surface area contributed by atoms with Gasteiger partial charge in [-0.15, -0.1) is 0 Å². The summed E-state index contributed by atoms with van der Waals surface area (Å²) in [5.41, 5.74) is 1.46. The molecule has 0 saturated carbocycles. The first-order valence-corrected chi connectivity index (χ1v) is 8.61. The molecule has 26 heavy (non-hydrogen) atoms. The van der Waals surface area contributed by atoms with Crippen molar-refractivity contribution < 1.29 is 24.5 Å². The molecular weight excluding hydrogens is 334 g/mol. The largest absolute Gasteiger partial charge is 0.491 e. The van der Waals surface area contributed by atoms with Gasteiger partial charge >= 0.3 is 6.09 Å². The minimum atomic E-state index is -0.549. The number of hydrogen-bond donors (Lipinski definition) is 3. The third kappa shape index (κ3) is 6.06. The third-order valence-electron chi connectivity index (χ3n) is 3.92. The van der Waals surface area contributed by atoms with Crippen molar-refractivity contribution in [2.75, 3.05) is 25.1 Å². The van der Waals surface area contributed by atoms with E-state index in [4.69, 9.17) is 14.6 Å². The number of nitrogens with one attached hydrogen (secondary N) is 1. The van der Waals surface area contributed by atoms with Gasteiger partial charge in [0, 0.05) is 12.3 Å². The van der Waals surface area contributed by atoms with Crippen LogP contribution in [-0.4, -0.2) is 36.1 Å². The molecule has 0 aliphatic carbocycles. The number of benzene rings is 2. The van der Waals surface area contributed by atoms with Crippen LogP contribution in [0.3, 0.4) is 0 Å². The number of hydrogen-bond acceptors (Lipinski definition) is 5. The van der Waals surface area contributed by atoms with E-state index in [1.54, 1.807) is 24.3 Å². The molecule has 140 valence electrons. The van der Waals surface area contributed by atoms with Crippen LogP contribution in [0.4, 0.5) is 10.5 Å². The molecule has 2 aromatic carbocycles. The van der Waals surface area contributed by atoms with E-state index < -0.39 is 12.2 Å². The Morgan fingerprint density at radius 2 is 1.73 bits per heavy atom. The molecule has 0 fully saturated rings. The lowest BCUT2D eigenvalue weighted by molar-refractivity contribution is 0.0667. The van der Waals surface area contributed by atoms with Gasteiger partial charge in [-0.25, -0.2) is 4.79 Å². The van der Waals surface area contributed by atoms with Crippen LogP contribution in [-0.2, 0) is 4.74 Å². The summed E-state index contributed by atoms with van der Waals surface area (Å²) >= 11 is 0. The maximum absolute atomic E-state index is 12.3. The van der Waals surface area contributed by atoms with Crippen molar-refractivity contribution in [2.24, 2.45) is 5.92 Å². The van der Waals surface area contributed by atoms with Crippen LogP contribution in [0, 0.1) is 5.92 Å². The first-order chi connectivity index (χ1) is 12.6. The van der Waals surface area contributed by atoms with Gasteiger partial charge in [0.25, 0.3) is 0 Å². The van der Waals surface area contributed by atoms with Gasteiger partial charge in [0.2, 0.25) is 0 Å². The molecule has 0 radical (unpaired) electrons. The zero-order valence-corrected chi connectivity index (χ0v) is 14.8. The Bertz CT molecular complexity index is 660. The van der Waals surface area contributed by atoms with Crippen LogP contribution in [0.25, 0.3) is 0 Å². The van der Waals surface area contributed by atoms with Gasteiger partial charge in [-0.2, -0.15) is 0 Å². The quantitative estimate of drug-likeness (QED) is 0.639. The lowest BCUT2D eigenvalue weighted by atomic mass is 9.94. The molecule has 0 spiro atoms. The van der Waals surface area contributed by atoms with E-state index in [1.165, 1.54) is 0 Å². The zero-order valence-electron chi connectivity index (χ0n) is 14.8. The Balaban J connectivity index is 2.08. The summed E-state index contributed by atoms with van der Waals surface area (Å²) in [6, 6.07) is 16.2. The van der Waals surface area contributed by atoms with Crippen LogP contribution < -0.4 is 10.1 Å². The molecule has 0 aromatic heterocycles. The van der Waals surface area contributed by atoms with Gasteiger partial charge in [0.1, 0.15) is 18.5 Å². The normalized spacial score (nSPS) is 12.9.